The van der Waals surface area contributed by atoms with Gasteiger partial charge in [-0.05, 0) is 20.4 Å². The van der Waals surface area contributed by atoms with Gasteiger partial charge in [-0.25, -0.2) is 0 Å². The van der Waals surface area contributed by atoms with E-state index in [0.29, 0.717) is 6.42 Å². The van der Waals surface area contributed by atoms with Gasteiger partial charge >= 0.3 is 5.97 Å². The van der Waals surface area contributed by atoms with Crippen molar-refractivity contribution in [3.8, 4) is 0 Å². The van der Waals surface area contributed by atoms with Gasteiger partial charge in [-0.15, -0.1) is 0 Å². The molecule has 0 spiro atoms. The fourth-order valence-corrected chi connectivity index (χ4v) is 1.32. The van der Waals surface area contributed by atoms with Crippen molar-refractivity contribution in [1.29, 1.82) is 0 Å². The molecule has 2 saturated heterocycles. The van der Waals surface area contributed by atoms with Crippen LogP contribution in [-0.2, 0) is 14.3 Å². The van der Waals surface area contributed by atoms with Crippen LogP contribution < -0.4 is 0 Å². The molecule has 1 unspecified atom stereocenters. The van der Waals surface area contributed by atoms with E-state index in [-0.39, 0.29) is 12.1 Å². The molecule has 82 valence electrons. The van der Waals surface area contributed by atoms with Crippen molar-refractivity contribution < 1.29 is 14.3 Å². The van der Waals surface area contributed by atoms with Gasteiger partial charge in [0.1, 0.15) is 0 Å². The summed E-state index contributed by atoms with van der Waals surface area (Å²) in [6, 6.07) is 0. The smallest absolute Gasteiger partial charge is 0.306 e. The lowest BCUT2D eigenvalue weighted by atomic mass is 10.3. The van der Waals surface area contributed by atoms with Crippen LogP contribution in [0.5, 0.6) is 0 Å². The lowest BCUT2D eigenvalue weighted by Gasteiger charge is -2.21. The summed E-state index contributed by atoms with van der Waals surface area (Å²) in [6.45, 7) is 5.93. The molecule has 2 fully saturated rings. The first-order valence-corrected chi connectivity index (χ1v) is 5.14. The van der Waals surface area contributed by atoms with Crippen molar-refractivity contribution in [2.75, 3.05) is 33.4 Å². The van der Waals surface area contributed by atoms with E-state index in [9.17, 15) is 4.79 Å². The second kappa shape index (κ2) is 5.98. The summed E-state index contributed by atoms with van der Waals surface area (Å²) in [5.41, 5.74) is 0. The Morgan fingerprint density at radius 1 is 1.36 bits per heavy atom. The Morgan fingerprint density at radius 3 is 2.21 bits per heavy atom. The second-order valence-electron chi connectivity index (χ2n) is 3.75. The van der Waals surface area contributed by atoms with Crippen molar-refractivity contribution in [3.05, 3.63) is 0 Å². The number of hydrogen-bond acceptors (Lipinski definition) is 4. The van der Waals surface area contributed by atoms with Crippen molar-refractivity contribution in [1.82, 2.24) is 4.90 Å². The van der Waals surface area contributed by atoms with E-state index in [1.165, 1.54) is 0 Å². The second-order valence-corrected chi connectivity index (χ2v) is 3.75. The molecule has 14 heavy (non-hydrogen) atoms. The van der Waals surface area contributed by atoms with Crippen LogP contribution in [0.2, 0.25) is 0 Å². The summed E-state index contributed by atoms with van der Waals surface area (Å²) in [5, 5.41) is 0. The zero-order valence-corrected chi connectivity index (χ0v) is 8.99. The summed E-state index contributed by atoms with van der Waals surface area (Å²) in [5.74, 6) is -0.0486. The van der Waals surface area contributed by atoms with Gasteiger partial charge in [0, 0.05) is 19.5 Å². The van der Waals surface area contributed by atoms with E-state index < -0.39 is 0 Å². The predicted molar refractivity (Wildman–Crippen MR) is 53.1 cm³/mol. The molecule has 2 heterocycles. The quantitative estimate of drug-likeness (QED) is 0.540. The van der Waals surface area contributed by atoms with E-state index in [1.807, 2.05) is 6.92 Å². The van der Waals surface area contributed by atoms with E-state index in [0.717, 1.165) is 32.7 Å². The molecule has 0 aromatic carbocycles. The summed E-state index contributed by atoms with van der Waals surface area (Å²) in [4.78, 5) is 12.5. The third-order valence-electron chi connectivity index (χ3n) is 2.32. The molecular weight excluding hydrogens is 182 g/mol. The number of ether oxygens (including phenoxy) is 2. The number of rotatable bonds is 0. The molecule has 0 aliphatic carbocycles. The van der Waals surface area contributed by atoms with Gasteiger partial charge in [0.15, 0.2) is 0 Å². The van der Waals surface area contributed by atoms with E-state index in [2.05, 4.69) is 11.9 Å². The maximum absolute atomic E-state index is 10.2. The number of carbonyl (C=O) groups is 1. The summed E-state index contributed by atoms with van der Waals surface area (Å²) in [7, 11) is 2.11. The average Bonchev–Trinajstić information content (AvgIpc) is 2.52. The number of esters is 1. The average molecular weight is 201 g/mol. The first kappa shape index (κ1) is 11.5. The molecule has 0 bridgehead atoms. The maximum atomic E-state index is 10.2. The largest absolute Gasteiger partial charge is 0.463 e. The Bertz CT molecular complexity index is 178. The minimum absolute atomic E-state index is 0.0486. The number of morpholine rings is 1. The molecule has 0 N–H and O–H groups in total. The van der Waals surface area contributed by atoms with Gasteiger partial charge in [0.05, 0.1) is 19.3 Å². The van der Waals surface area contributed by atoms with Gasteiger partial charge < -0.3 is 14.4 Å². The third kappa shape index (κ3) is 4.58. The molecule has 0 saturated carbocycles. The molecule has 2 rings (SSSR count). The zero-order valence-electron chi connectivity index (χ0n) is 8.99. The van der Waals surface area contributed by atoms with E-state index >= 15 is 0 Å². The molecule has 1 atom stereocenters. The number of nitrogens with zero attached hydrogens (tertiary/aromatic N) is 1. The van der Waals surface area contributed by atoms with Crippen LogP contribution in [0.15, 0.2) is 0 Å². The van der Waals surface area contributed by atoms with E-state index in [4.69, 9.17) is 9.47 Å². The Balaban J connectivity index is 0.000000140. The van der Waals surface area contributed by atoms with Crippen molar-refractivity contribution >= 4 is 5.97 Å². The first-order valence-electron chi connectivity index (χ1n) is 5.14. The summed E-state index contributed by atoms with van der Waals surface area (Å²) in [6.07, 6.45) is 1.69. The molecule has 4 nitrogen and oxygen atoms in total. The molecule has 0 aromatic heterocycles. The molecule has 2 aliphatic heterocycles. The van der Waals surface area contributed by atoms with Crippen LogP contribution in [0.25, 0.3) is 0 Å². The first-order chi connectivity index (χ1) is 6.68. The molecule has 0 aromatic rings. The van der Waals surface area contributed by atoms with E-state index in [1.54, 1.807) is 0 Å². The van der Waals surface area contributed by atoms with Crippen LogP contribution in [0.4, 0.5) is 0 Å². The highest BCUT2D eigenvalue weighted by Crippen LogP contribution is 2.11. The minimum Gasteiger partial charge on any atom is -0.463 e. The topological polar surface area (TPSA) is 38.8 Å². The van der Waals surface area contributed by atoms with Crippen LogP contribution in [-0.4, -0.2) is 50.3 Å². The zero-order chi connectivity index (χ0) is 10.4. The predicted octanol–water partition coefficient (Wildman–Crippen LogP) is 0.660. The lowest BCUT2D eigenvalue weighted by molar-refractivity contribution is -0.140. The lowest BCUT2D eigenvalue weighted by Crippen LogP contribution is -2.32. The SMILES string of the molecule is CC1CCC(=O)O1.CN1CCOCC1. The number of likely N-dealkylation sites (N-methyl/N-ethyl adjacent to an activating group) is 1. The van der Waals surface area contributed by atoms with Crippen LogP contribution in [0.1, 0.15) is 19.8 Å². The highest BCUT2D eigenvalue weighted by Gasteiger charge is 2.17. The van der Waals surface area contributed by atoms with Gasteiger partial charge in [-0.1, -0.05) is 0 Å². The van der Waals surface area contributed by atoms with Crippen molar-refractivity contribution in [2.24, 2.45) is 0 Å². The summed E-state index contributed by atoms with van der Waals surface area (Å²) >= 11 is 0. The molecule has 2 aliphatic rings. The molecule has 4 heteroatoms. The maximum Gasteiger partial charge on any atom is 0.306 e. The number of cyclic esters (lactones) is 1. The van der Waals surface area contributed by atoms with Crippen LogP contribution >= 0.6 is 0 Å². The minimum atomic E-state index is -0.0486. The molecular formula is C10H19NO3. The number of hydrogen-bond donors (Lipinski definition) is 0. The van der Waals surface area contributed by atoms with Gasteiger partial charge in [0.2, 0.25) is 0 Å². The summed E-state index contributed by atoms with van der Waals surface area (Å²) < 4.78 is 9.82. The Hall–Kier alpha value is -0.610. The normalized spacial score (nSPS) is 27.9. The fraction of sp³-hybridized carbons (Fsp3) is 0.900. The van der Waals surface area contributed by atoms with Crippen LogP contribution in [0, 0.1) is 0 Å². The third-order valence-corrected chi connectivity index (χ3v) is 2.32. The van der Waals surface area contributed by atoms with Crippen molar-refractivity contribution in [2.45, 2.75) is 25.9 Å². The van der Waals surface area contributed by atoms with Gasteiger partial charge in [-0.3, -0.25) is 4.79 Å². The highest BCUT2D eigenvalue weighted by molar-refractivity contribution is 5.71. The van der Waals surface area contributed by atoms with Gasteiger partial charge in [0.25, 0.3) is 0 Å². The van der Waals surface area contributed by atoms with Crippen molar-refractivity contribution in [3.63, 3.8) is 0 Å². The standard InChI is InChI=1S/C5H11NO.C5H8O2/c1-6-2-4-7-5-3-6;1-4-2-3-5(6)7-4/h2-5H2,1H3;4H,2-3H2,1H3. The van der Waals surface area contributed by atoms with Gasteiger partial charge in [-0.2, -0.15) is 0 Å². The highest BCUT2D eigenvalue weighted by atomic mass is 16.5. The fourth-order valence-electron chi connectivity index (χ4n) is 1.32. The molecule has 0 amide bonds. The molecule has 0 radical (unpaired) electrons. The Kier molecular flexibility index (Phi) is 4.90. The Labute approximate surface area is 85.2 Å². The monoisotopic (exact) mass is 201 g/mol. The Morgan fingerprint density at radius 2 is 2.00 bits per heavy atom. The van der Waals surface area contributed by atoms with Crippen LogP contribution in [0.3, 0.4) is 0 Å². The number of carbonyl (C=O) groups excluding carboxylic acids is 1.